The van der Waals surface area contributed by atoms with E-state index in [2.05, 4.69) is 15.7 Å². The number of anilines is 2. The molecule has 2 amide bonds. The smallest absolute Gasteiger partial charge is 0.288 e. The first-order valence-electron chi connectivity index (χ1n) is 18.8. The van der Waals surface area contributed by atoms with E-state index in [9.17, 15) is 31.3 Å². The number of methoxy groups -OCH3 is 2. The Balaban J connectivity index is 0.971. The van der Waals surface area contributed by atoms with Gasteiger partial charge in [0.1, 0.15) is 17.0 Å². The van der Waals surface area contributed by atoms with Crippen molar-refractivity contribution in [2.75, 3.05) is 38.1 Å². The Kier molecular flexibility index (Phi) is 11.8. The molecular formula is C41H38F2N4O12S2. The van der Waals surface area contributed by atoms with Crippen molar-refractivity contribution in [2.45, 2.75) is 42.1 Å². The molecule has 4 N–H and O–H groups in total. The third kappa shape index (κ3) is 8.42. The monoisotopic (exact) mass is 880 g/mol. The lowest BCUT2D eigenvalue weighted by Gasteiger charge is -2.27. The molecule has 0 bridgehead atoms. The first-order chi connectivity index (χ1) is 29.4. The minimum absolute atomic E-state index is 0.0628. The number of halogens is 2. The van der Waals surface area contributed by atoms with Crippen LogP contribution in [0.5, 0.6) is 23.0 Å². The predicted octanol–water partition coefficient (Wildman–Crippen LogP) is 6.80. The molecule has 0 fully saturated rings. The summed E-state index contributed by atoms with van der Waals surface area (Å²) in [5.74, 6) is -0.803. The van der Waals surface area contributed by atoms with Crippen LogP contribution >= 0.6 is 12.0 Å². The molecule has 0 unspecified atom stereocenters. The molecule has 20 heteroatoms. The largest absolute Gasteiger partial charge is 0.493 e. The Hall–Kier alpha value is -5.90. The Morgan fingerprint density at radius 1 is 0.721 bits per heavy atom. The fraction of sp³-hybridized carbons (Fsp3) is 0.268. The maximum Gasteiger partial charge on any atom is 0.288 e. The first kappa shape index (κ1) is 41.8. The van der Waals surface area contributed by atoms with Crippen LogP contribution in [-0.4, -0.2) is 90.1 Å². The number of hydrogen-bond donors (Lipinski definition) is 4. The van der Waals surface area contributed by atoms with Crippen molar-refractivity contribution < 1.29 is 64.9 Å². The lowest BCUT2D eigenvalue weighted by atomic mass is 10.0. The summed E-state index contributed by atoms with van der Waals surface area (Å²) in [7, 11) is -1.94. The Bertz CT molecular complexity index is 2530. The van der Waals surface area contributed by atoms with E-state index >= 15 is 0 Å². The van der Waals surface area contributed by atoms with E-state index in [1.165, 1.54) is 73.9 Å². The van der Waals surface area contributed by atoms with Gasteiger partial charge >= 0.3 is 0 Å². The highest BCUT2D eigenvalue weighted by molar-refractivity contribution is 7.95. The second-order valence-electron chi connectivity index (χ2n) is 14.3. The van der Waals surface area contributed by atoms with Gasteiger partial charge in [-0.3, -0.25) is 14.1 Å². The summed E-state index contributed by atoms with van der Waals surface area (Å²) in [4.78, 5) is 30.7. The number of fused-ring (bicyclic) bond motifs is 4. The van der Waals surface area contributed by atoms with Crippen LogP contribution in [-0.2, 0) is 19.5 Å². The van der Waals surface area contributed by atoms with Crippen LogP contribution in [0, 0.1) is 11.6 Å². The van der Waals surface area contributed by atoms with Crippen LogP contribution in [0.2, 0.25) is 0 Å². The van der Waals surface area contributed by atoms with E-state index in [4.69, 9.17) is 28.5 Å². The number of ether oxygens (including phenoxy) is 4. The number of benzene rings is 4. The van der Waals surface area contributed by atoms with Crippen molar-refractivity contribution in [3.8, 4) is 23.0 Å². The molecular weight excluding hydrogens is 843 g/mol. The zero-order valence-corrected chi connectivity index (χ0v) is 34.0. The molecule has 16 nitrogen and oxygen atoms in total. The fourth-order valence-corrected chi connectivity index (χ4v) is 9.35. The van der Waals surface area contributed by atoms with Crippen molar-refractivity contribution in [3.05, 3.63) is 119 Å². The maximum atomic E-state index is 14.0. The summed E-state index contributed by atoms with van der Waals surface area (Å²) in [5, 5.41) is 16.7. The molecule has 0 saturated heterocycles. The second kappa shape index (κ2) is 17.2. The van der Waals surface area contributed by atoms with E-state index in [1.807, 2.05) is 0 Å². The van der Waals surface area contributed by atoms with Gasteiger partial charge in [-0.25, -0.2) is 14.0 Å². The summed E-state index contributed by atoms with van der Waals surface area (Å²) >= 11 is 0.758. The van der Waals surface area contributed by atoms with Gasteiger partial charge in [0.05, 0.1) is 74.1 Å². The van der Waals surface area contributed by atoms with Gasteiger partial charge in [0.2, 0.25) is 0 Å². The molecule has 0 spiro atoms. The highest BCUT2D eigenvalue weighted by atomic mass is 32.2. The normalized spacial score (nSPS) is 20.5. The fourth-order valence-electron chi connectivity index (χ4n) is 7.80. The molecule has 0 aliphatic carbocycles. The second-order valence-corrected chi connectivity index (χ2v) is 16.7. The molecule has 4 aromatic carbocycles. The SMILES string of the molecule is COc1cc2c(cc1OCCCOc1cc3c(cc1OC)C(=O)N1C=C(c4ccc(F)cc4)C[C@H]1[C@H](SOOO)N3)N[C@@H](S(=O)(=O)O)[C@@H]1CC(c3ccc(F)cc3)=CN1C2=O. The average molecular weight is 881 g/mol. The Morgan fingerprint density at radius 3 is 1.67 bits per heavy atom. The standard InChI is InChI=1S/C41H38F2N4O12S2/c1-54-34-16-28-30(44-38(60-59-58-50)32-14-24(20-46(32)40(28)48)22-4-8-26(42)9-5-22)18-36(34)56-12-3-13-57-37-19-31-29(17-35(37)55-2)41(49)47-21-25(23-6-10-27(43)11-7-23)15-33(47)39(45-31)61(51,52)53/h4-11,16-21,32-33,38-39,44-45,50H,3,12-15H2,1-2H3,(H,51,52,53)/t32-,33-,38-,39-/m0/s1. The molecule has 4 heterocycles. The van der Waals surface area contributed by atoms with E-state index in [1.54, 1.807) is 35.4 Å². The molecule has 4 aliphatic heterocycles. The maximum absolute atomic E-state index is 14.0. The zero-order valence-electron chi connectivity index (χ0n) is 32.4. The van der Waals surface area contributed by atoms with Crippen LogP contribution in [0.4, 0.5) is 20.2 Å². The van der Waals surface area contributed by atoms with E-state index < -0.39 is 44.7 Å². The zero-order chi connectivity index (χ0) is 43.0. The van der Waals surface area contributed by atoms with Crippen LogP contribution in [0.3, 0.4) is 0 Å². The van der Waals surface area contributed by atoms with E-state index in [-0.39, 0.29) is 65.4 Å². The topological polar surface area (TPSA) is 195 Å². The number of carbonyl (C=O) groups excluding carboxylic acids is 2. The van der Waals surface area contributed by atoms with Gasteiger partial charge in [-0.2, -0.15) is 8.42 Å². The van der Waals surface area contributed by atoms with E-state index in [0.29, 0.717) is 35.4 Å². The van der Waals surface area contributed by atoms with Crippen LogP contribution in [0.25, 0.3) is 11.1 Å². The van der Waals surface area contributed by atoms with Gasteiger partial charge in [0.25, 0.3) is 21.9 Å². The number of nitrogens with one attached hydrogen (secondary N) is 2. The molecule has 4 aliphatic rings. The van der Waals surface area contributed by atoms with Gasteiger partial charge < -0.3 is 39.4 Å². The number of rotatable bonds is 14. The van der Waals surface area contributed by atoms with Gasteiger partial charge in [-0.1, -0.05) is 29.3 Å². The highest BCUT2D eigenvalue weighted by Gasteiger charge is 2.46. The van der Waals surface area contributed by atoms with Crippen molar-refractivity contribution >= 4 is 56.5 Å². The Morgan fingerprint density at radius 2 is 1.20 bits per heavy atom. The molecule has 4 atom stereocenters. The molecule has 0 saturated carbocycles. The molecule has 0 aromatic heterocycles. The number of nitrogens with zero attached hydrogens (tertiary/aromatic N) is 2. The highest BCUT2D eigenvalue weighted by Crippen LogP contribution is 2.44. The van der Waals surface area contributed by atoms with Gasteiger partial charge in [0.15, 0.2) is 28.4 Å². The van der Waals surface area contributed by atoms with Crippen LogP contribution in [0.15, 0.2) is 85.2 Å². The summed E-state index contributed by atoms with van der Waals surface area (Å²) in [6, 6.07) is 16.0. The van der Waals surface area contributed by atoms with Gasteiger partial charge in [0, 0.05) is 31.0 Å². The van der Waals surface area contributed by atoms with Crippen molar-refractivity contribution in [2.24, 2.45) is 0 Å². The van der Waals surface area contributed by atoms with Crippen molar-refractivity contribution in [1.29, 1.82) is 0 Å². The molecule has 0 radical (unpaired) electrons. The Labute approximate surface area is 352 Å². The number of carbonyl (C=O) groups is 2. The third-order valence-electron chi connectivity index (χ3n) is 10.7. The third-order valence-corrected chi connectivity index (χ3v) is 12.6. The minimum Gasteiger partial charge on any atom is -0.493 e. The van der Waals surface area contributed by atoms with Crippen LogP contribution < -0.4 is 29.6 Å². The molecule has 8 rings (SSSR count). The summed E-state index contributed by atoms with van der Waals surface area (Å²) in [6.07, 6.45) is 3.96. The quantitative estimate of drug-likeness (QED) is 0.0339. The summed E-state index contributed by atoms with van der Waals surface area (Å²) < 4.78 is 91.1. The molecule has 320 valence electrons. The first-order valence-corrected chi connectivity index (χ1v) is 21.1. The number of amides is 2. The predicted molar refractivity (Wildman–Crippen MR) is 218 cm³/mol. The lowest BCUT2D eigenvalue weighted by molar-refractivity contribution is -0.432. The van der Waals surface area contributed by atoms with Gasteiger partial charge in [-0.15, -0.1) is 4.33 Å². The minimum atomic E-state index is -4.76. The molecule has 4 aromatic rings. The van der Waals surface area contributed by atoms with Crippen molar-refractivity contribution in [3.63, 3.8) is 0 Å². The summed E-state index contributed by atoms with van der Waals surface area (Å²) in [6.45, 7) is 0.180. The molecule has 61 heavy (non-hydrogen) atoms. The summed E-state index contributed by atoms with van der Waals surface area (Å²) in [5.41, 5.74) is 3.54. The van der Waals surface area contributed by atoms with E-state index in [0.717, 1.165) is 23.2 Å². The lowest BCUT2D eigenvalue weighted by Crippen LogP contribution is -2.46. The number of hydrogen-bond acceptors (Lipinski definition) is 14. The average Bonchev–Trinajstić information content (AvgIpc) is 3.85. The van der Waals surface area contributed by atoms with Crippen molar-refractivity contribution in [1.82, 2.24) is 9.80 Å². The van der Waals surface area contributed by atoms with Gasteiger partial charge in [-0.05, 0) is 71.5 Å². The van der Waals surface area contributed by atoms with Crippen LogP contribution in [0.1, 0.15) is 51.1 Å².